The van der Waals surface area contributed by atoms with Gasteiger partial charge in [0.1, 0.15) is 12.1 Å². The Hall–Kier alpha value is -1.40. The molecule has 1 aromatic carbocycles. The zero-order valence-electron chi connectivity index (χ0n) is 17.1. The summed E-state index contributed by atoms with van der Waals surface area (Å²) in [5.41, 5.74) is 8.51. The number of anilines is 1. The van der Waals surface area contributed by atoms with Gasteiger partial charge in [-0.3, -0.25) is 4.90 Å². The average molecular weight is 438 g/mol. The number of piperidine rings is 1. The average Bonchev–Trinajstić information content (AvgIpc) is 2.71. The monoisotopic (exact) mass is 437 g/mol. The van der Waals surface area contributed by atoms with Crippen molar-refractivity contribution in [1.29, 1.82) is 0 Å². The minimum Gasteiger partial charge on any atom is -0.356 e. The molecule has 1 saturated carbocycles. The number of aromatic nitrogens is 2. The van der Waals surface area contributed by atoms with Crippen molar-refractivity contribution in [1.82, 2.24) is 14.9 Å². The standard InChI is InChI=1S/C22H31N5.2ClH/c1-2-26(15-17-6-4-3-5-7-17)20-8-10-27(11-9-20)22-14-21(24-16-25-22)18-12-19(23)13-18;;/h3-7,14,16,18-20H,2,8-13,15,23H2,1H3;2*1H. The fourth-order valence-electron chi connectivity index (χ4n) is 4.44. The van der Waals surface area contributed by atoms with Gasteiger partial charge in [-0.05, 0) is 37.8 Å². The molecular weight excluding hydrogens is 405 g/mol. The third kappa shape index (κ3) is 5.82. The lowest BCUT2D eigenvalue weighted by molar-refractivity contribution is 0.169. The molecule has 2 aromatic rings. The second kappa shape index (κ2) is 11.1. The molecule has 0 unspecified atom stereocenters. The van der Waals surface area contributed by atoms with E-state index in [1.165, 1.54) is 24.1 Å². The fraction of sp³-hybridized carbons (Fsp3) is 0.545. The molecule has 0 amide bonds. The van der Waals surface area contributed by atoms with Gasteiger partial charge in [0.2, 0.25) is 0 Å². The van der Waals surface area contributed by atoms with Crippen LogP contribution >= 0.6 is 24.8 Å². The van der Waals surface area contributed by atoms with Gasteiger partial charge in [0.25, 0.3) is 0 Å². The highest BCUT2D eigenvalue weighted by molar-refractivity contribution is 5.85. The maximum absolute atomic E-state index is 5.94. The number of nitrogens with two attached hydrogens (primary N) is 1. The first-order chi connectivity index (χ1) is 13.2. The number of nitrogens with zero attached hydrogens (tertiary/aromatic N) is 4. The predicted octanol–water partition coefficient (Wildman–Crippen LogP) is 4.02. The third-order valence-corrected chi connectivity index (χ3v) is 6.21. The number of rotatable bonds is 6. The van der Waals surface area contributed by atoms with Crippen molar-refractivity contribution in [2.75, 3.05) is 24.5 Å². The summed E-state index contributed by atoms with van der Waals surface area (Å²) in [6.45, 7) is 6.54. The minimum absolute atomic E-state index is 0. The topological polar surface area (TPSA) is 58.3 Å². The van der Waals surface area contributed by atoms with Crippen molar-refractivity contribution in [2.24, 2.45) is 5.73 Å². The molecule has 0 bridgehead atoms. The van der Waals surface area contributed by atoms with Crippen molar-refractivity contribution in [3.8, 4) is 0 Å². The predicted molar refractivity (Wildman–Crippen MR) is 124 cm³/mol. The SMILES string of the molecule is CCN(Cc1ccccc1)C1CCN(c2cc(C3CC(N)C3)ncn2)CC1.Cl.Cl. The van der Waals surface area contributed by atoms with Gasteiger partial charge in [-0.15, -0.1) is 24.8 Å². The van der Waals surface area contributed by atoms with Crippen LogP contribution in [-0.4, -0.2) is 46.6 Å². The van der Waals surface area contributed by atoms with Crippen LogP contribution in [0.2, 0.25) is 0 Å². The number of hydrogen-bond acceptors (Lipinski definition) is 5. The van der Waals surface area contributed by atoms with Crippen LogP contribution in [0.4, 0.5) is 5.82 Å². The summed E-state index contributed by atoms with van der Waals surface area (Å²) in [5.74, 6) is 1.62. The smallest absolute Gasteiger partial charge is 0.132 e. The van der Waals surface area contributed by atoms with Gasteiger partial charge in [-0.1, -0.05) is 37.3 Å². The van der Waals surface area contributed by atoms with Crippen LogP contribution in [0.15, 0.2) is 42.7 Å². The molecule has 2 heterocycles. The van der Waals surface area contributed by atoms with Crippen molar-refractivity contribution in [3.05, 3.63) is 54.0 Å². The van der Waals surface area contributed by atoms with E-state index in [4.69, 9.17) is 5.73 Å². The molecule has 5 nitrogen and oxygen atoms in total. The van der Waals surface area contributed by atoms with Crippen LogP contribution in [0, 0.1) is 0 Å². The fourth-order valence-corrected chi connectivity index (χ4v) is 4.44. The van der Waals surface area contributed by atoms with Crippen molar-refractivity contribution < 1.29 is 0 Å². The molecule has 1 aromatic heterocycles. The summed E-state index contributed by atoms with van der Waals surface area (Å²) in [7, 11) is 0. The lowest BCUT2D eigenvalue weighted by Gasteiger charge is -2.39. The molecule has 0 spiro atoms. The Balaban J connectivity index is 0.00000150. The Labute approximate surface area is 186 Å². The lowest BCUT2D eigenvalue weighted by Crippen LogP contribution is -2.45. The summed E-state index contributed by atoms with van der Waals surface area (Å²) < 4.78 is 0. The molecule has 29 heavy (non-hydrogen) atoms. The molecule has 4 rings (SSSR count). The maximum Gasteiger partial charge on any atom is 0.132 e. The largest absolute Gasteiger partial charge is 0.356 e. The summed E-state index contributed by atoms with van der Waals surface area (Å²) >= 11 is 0. The summed E-state index contributed by atoms with van der Waals surface area (Å²) in [4.78, 5) is 14.1. The lowest BCUT2D eigenvalue weighted by atomic mass is 9.78. The molecule has 1 aliphatic heterocycles. The van der Waals surface area contributed by atoms with E-state index in [9.17, 15) is 0 Å². The van der Waals surface area contributed by atoms with Crippen molar-refractivity contribution in [2.45, 2.75) is 57.2 Å². The van der Waals surface area contributed by atoms with E-state index in [1.54, 1.807) is 6.33 Å². The van der Waals surface area contributed by atoms with Gasteiger partial charge in [-0.2, -0.15) is 0 Å². The maximum atomic E-state index is 5.94. The second-order valence-corrected chi connectivity index (χ2v) is 8.00. The molecule has 0 radical (unpaired) electrons. The minimum atomic E-state index is 0. The normalized spacial score (nSPS) is 21.8. The van der Waals surface area contributed by atoms with Gasteiger partial charge in [0, 0.05) is 49.4 Å². The Bertz CT molecular complexity index is 731. The van der Waals surface area contributed by atoms with Gasteiger partial charge >= 0.3 is 0 Å². The van der Waals surface area contributed by atoms with Gasteiger partial charge in [0.05, 0.1) is 0 Å². The zero-order valence-corrected chi connectivity index (χ0v) is 18.7. The van der Waals surface area contributed by atoms with E-state index in [-0.39, 0.29) is 24.8 Å². The number of halogens is 2. The van der Waals surface area contributed by atoms with Gasteiger partial charge in [-0.25, -0.2) is 9.97 Å². The number of hydrogen-bond donors (Lipinski definition) is 1. The molecule has 7 heteroatoms. The van der Waals surface area contributed by atoms with E-state index < -0.39 is 0 Å². The van der Waals surface area contributed by atoms with Crippen molar-refractivity contribution >= 4 is 30.6 Å². The number of benzene rings is 1. The first kappa shape index (κ1) is 23.9. The highest BCUT2D eigenvalue weighted by atomic mass is 35.5. The first-order valence-corrected chi connectivity index (χ1v) is 10.3. The molecular formula is C22H33Cl2N5. The van der Waals surface area contributed by atoms with Crippen LogP contribution in [0.5, 0.6) is 0 Å². The quantitative estimate of drug-likeness (QED) is 0.739. The summed E-state index contributed by atoms with van der Waals surface area (Å²) in [6.07, 6.45) is 6.23. The zero-order chi connectivity index (χ0) is 18.6. The van der Waals surface area contributed by atoms with E-state index in [0.717, 1.165) is 44.8 Å². The molecule has 2 N–H and O–H groups in total. The van der Waals surface area contributed by atoms with Crippen molar-refractivity contribution in [3.63, 3.8) is 0 Å². The Morgan fingerprint density at radius 1 is 1.07 bits per heavy atom. The van der Waals surface area contributed by atoms with Gasteiger partial charge < -0.3 is 10.6 Å². The summed E-state index contributed by atoms with van der Waals surface area (Å²) in [6, 6.07) is 14.0. The van der Waals surface area contributed by atoms with Crippen LogP contribution in [0.3, 0.4) is 0 Å². The first-order valence-electron chi connectivity index (χ1n) is 10.3. The van der Waals surface area contributed by atoms with Crippen LogP contribution in [0.25, 0.3) is 0 Å². The van der Waals surface area contributed by atoms with E-state index >= 15 is 0 Å². The van der Waals surface area contributed by atoms with Gasteiger partial charge in [0.15, 0.2) is 0 Å². The summed E-state index contributed by atoms with van der Waals surface area (Å²) in [5, 5.41) is 0. The van der Waals surface area contributed by atoms with Crippen LogP contribution in [0.1, 0.15) is 49.8 Å². The Morgan fingerprint density at radius 2 is 1.76 bits per heavy atom. The molecule has 1 saturated heterocycles. The Kier molecular flexibility index (Phi) is 9.15. The third-order valence-electron chi connectivity index (χ3n) is 6.21. The second-order valence-electron chi connectivity index (χ2n) is 8.00. The van der Waals surface area contributed by atoms with E-state index in [1.807, 2.05) is 0 Å². The Morgan fingerprint density at radius 3 is 2.38 bits per heavy atom. The molecule has 0 atom stereocenters. The van der Waals surface area contributed by atoms with Crippen LogP contribution < -0.4 is 10.6 Å². The molecule has 1 aliphatic carbocycles. The highest BCUT2D eigenvalue weighted by Crippen LogP contribution is 2.35. The molecule has 2 aliphatic rings. The molecule has 2 fully saturated rings. The van der Waals surface area contributed by atoms with E-state index in [0.29, 0.717) is 18.0 Å². The highest BCUT2D eigenvalue weighted by Gasteiger charge is 2.30. The molecule has 160 valence electrons. The van der Waals surface area contributed by atoms with E-state index in [2.05, 4.69) is 63.1 Å². The van der Waals surface area contributed by atoms with Crippen LogP contribution in [-0.2, 0) is 6.54 Å².